The van der Waals surface area contributed by atoms with Crippen LogP contribution in [0.25, 0.3) is 15.8 Å². The Morgan fingerprint density at radius 3 is 2.72 bits per heavy atom. The molecule has 18 heavy (non-hydrogen) atoms. The van der Waals surface area contributed by atoms with E-state index in [1.54, 1.807) is 0 Å². The van der Waals surface area contributed by atoms with Crippen molar-refractivity contribution in [1.29, 1.82) is 0 Å². The molecule has 0 fully saturated rings. The first-order valence-corrected chi connectivity index (χ1v) is 7.19. The van der Waals surface area contributed by atoms with Crippen molar-refractivity contribution >= 4 is 41.1 Å². The molecule has 0 aliphatic heterocycles. The molecule has 0 aliphatic carbocycles. The van der Waals surface area contributed by atoms with Crippen molar-refractivity contribution in [3.63, 3.8) is 0 Å². The molecule has 0 unspecified atom stereocenters. The molecule has 0 saturated heterocycles. The first-order chi connectivity index (χ1) is 8.63. The normalized spacial score (nSPS) is 12.9. The van der Waals surface area contributed by atoms with Crippen LogP contribution in [0.5, 0.6) is 0 Å². The number of aryl methyl sites for hydroxylation is 1. The highest BCUT2D eigenvalue weighted by molar-refractivity contribution is 7.93. The lowest BCUT2D eigenvalue weighted by molar-refractivity contribution is 0.811. The summed E-state index contributed by atoms with van der Waals surface area (Å²) < 4.78 is 2.12. The van der Waals surface area contributed by atoms with Gasteiger partial charge in [-0.25, -0.2) is 0 Å². The molecule has 0 N–H and O–H groups in total. The smallest absolute Gasteiger partial charge is 0.0478 e. The first-order valence-electron chi connectivity index (χ1n) is 6.30. The zero-order valence-corrected chi connectivity index (χ0v) is 12.6. The molecule has 0 bridgehead atoms. The van der Waals surface area contributed by atoms with Gasteiger partial charge in [0.15, 0.2) is 0 Å². The second kappa shape index (κ2) is 5.89. The summed E-state index contributed by atoms with van der Waals surface area (Å²) in [4.78, 5) is 2.08. The maximum Gasteiger partial charge on any atom is 0.0478 e. The molecule has 1 aromatic heterocycles. The Balaban J connectivity index is 2.35. The predicted molar refractivity (Wildman–Crippen MR) is 87.3 cm³/mol. The molecule has 2 rings (SSSR count). The summed E-state index contributed by atoms with van der Waals surface area (Å²) >= 11 is 9.18. The van der Waals surface area contributed by atoms with E-state index in [1.165, 1.54) is 17.3 Å². The van der Waals surface area contributed by atoms with Crippen molar-refractivity contribution < 1.29 is 0 Å². The fourth-order valence-corrected chi connectivity index (χ4v) is 2.60. The summed E-state index contributed by atoms with van der Waals surface area (Å²) in [6.45, 7) is 2.19. The average molecular weight is 277 g/mol. The van der Waals surface area contributed by atoms with E-state index in [0.717, 1.165) is 28.2 Å². The summed E-state index contributed by atoms with van der Waals surface area (Å²) in [6.07, 6.45) is 5.43. The van der Waals surface area contributed by atoms with Crippen LogP contribution >= 0.6 is 25.3 Å². The molecule has 3 heteroatoms. The minimum Gasteiger partial charge on any atom is -0.351 e. The number of nitrogens with zero attached hydrogens (tertiary/aromatic N) is 1. The molecule has 96 valence electrons. The van der Waals surface area contributed by atoms with Gasteiger partial charge in [0.05, 0.1) is 0 Å². The molecule has 1 aromatic carbocycles. The number of thiol groups is 2. The number of fused-ring (bicyclic) bond motifs is 1. The highest BCUT2D eigenvalue weighted by Crippen LogP contribution is 2.30. The summed E-state index contributed by atoms with van der Waals surface area (Å²) in [5, 5.41) is 1.25. The Morgan fingerprint density at radius 1 is 1.22 bits per heavy atom. The molecule has 0 saturated carbocycles. The number of hydrogen-bond acceptors (Lipinski definition) is 2. The molecule has 0 spiro atoms. The highest BCUT2D eigenvalue weighted by atomic mass is 32.1. The van der Waals surface area contributed by atoms with E-state index in [0.29, 0.717) is 0 Å². The van der Waals surface area contributed by atoms with Crippen LogP contribution in [0.1, 0.15) is 31.7 Å². The molecule has 1 nitrogen and oxygen atoms in total. The van der Waals surface area contributed by atoms with Gasteiger partial charge in [0.1, 0.15) is 0 Å². The summed E-state index contributed by atoms with van der Waals surface area (Å²) in [5.41, 5.74) is 2.40. The van der Waals surface area contributed by atoms with Crippen LogP contribution in [-0.2, 0) is 7.05 Å². The van der Waals surface area contributed by atoms with Crippen molar-refractivity contribution in [2.24, 2.45) is 7.05 Å². The van der Waals surface area contributed by atoms with Crippen LogP contribution in [-0.4, -0.2) is 4.57 Å². The summed E-state index contributed by atoms with van der Waals surface area (Å²) in [7, 11) is 2.06. The van der Waals surface area contributed by atoms with Gasteiger partial charge in [-0.1, -0.05) is 19.4 Å². The van der Waals surface area contributed by atoms with Gasteiger partial charge in [-0.3, -0.25) is 0 Å². The molecular formula is C15H19NS2. The van der Waals surface area contributed by atoms with Crippen LogP contribution in [0.15, 0.2) is 35.4 Å². The summed E-state index contributed by atoms with van der Waals surface area (Å²) in [5.74, 6) is 0. The first kappa shape index (κ1) is 13.6. The third-order valence-electron chi connectivity index (χ3n) is 3.20. The third-order valence-corrected chi connectivity index (χ3v) is 4.35. The highest BCUT2D eigenvalue weighted by Gasteiger charge is 2.05. The standard InChI is InChI=1S/C15H19NS2/c1-3-4-5-14(17)15(18)12-6-7-13-11(10-12)8-9-16(13)2/h6-10,17-18H,3-5H2,1-2H3/b15-14-. The molecule has 0 radical (unpaired) electrons. The fourth-order valence-electron chi connectivity index (χ4n) is 2.06. The number of benzene rings is 1. The molecular weight excluding hydrogens is 258 g/mol. The van der Waals surface area contributed by atoms with Crippen LogP contribution in [0.2, 0.25) is 0 Å². The van der Waals surface area contributed by atoms with Crippen molar-refractivity contribution in [3.8, 4) is 0 Å². The monoisotopic (exact) mass is 277 g/mol. The van der Waals surface area contributed by atoms with Gasteiger partial charge in [-0.05, 0) is 41.5 Å². The lowest BCUT2D eigenvalue weighted by Crippen LogP contribution is -1.86. The number of allylic oxidation sites excluding steroid dienone is 1. The van der Waals surface area contributed by atoms with E-state index < -0.39 is 0 Å². The van der Waals surface area contributed by atoms with Gasteiger partial charge in [-0.2, -0.15) is 0 Å². The minimum atomic E-state index is 0.998. The van der Waals surface area contributed by atoms with Gasteiger partial charge < -0.3 is 4.57 Å². The zero-order chi connectivity index (χ0) is 13.1. The lowest BCUT2D eigenvalue weighted by atomic mass is 10.1. The summed E-state index contributed by atoms with van der Waals surface area (Å²) in [6, 6.07) is 8.57. The minimum absolute atomic E-state index is 0.998. The Bertz CT molecular complexity index is 581. The largest absolute Gasteiger partial charge is 0.351 e. The van der Waals surface area contributed by atoms with E-state index in [-0.39, 0.29) is 0 Å². The van der Waals surface area contributed by atoms with Gasteiger partial charge in [0, 0.05) is 29.1 Å². The fraction of sp³-hybridized carbons (Fsp3) is 0.333. The third kappa shape index (κ3) is 2.78. The number of unbranched alkanes of at least 4 members (excludes halogenated alkanes) is 1. The van der Waals surface area contributed by atoms with E-state index in [4.69, 9.17) is 0 Å². The van der Waals surface area contributed by atoms with Crippen LogP contribution in [0.3, 0.4) is 0 Å². The van der Waals surface area contributed by atoms with Gasteiger partial charge in [0.2, 0.25) is 0 Å². The van der Waals surface area contributed by atoms with Crippen LogP contribution in [0, 0.1) is 0 Å². The lowest BCUT2D eigenvalue weighted by Gasteiger charge is -2.07. The number of hydrogen-bond donors (Lipinski definition) is 2. The Labute approximate surface area is 120 Å². The predicted octanol–water partition coefficient (Wildman–Crippen LogP) is 4.90. The topological polar surface area (TPSA) is 4.93 Å². The Morgan fingerprint density at radius 2 is 2.00 bits per heavy atom. The van der Waals surface area contributed by atoms with Gasteiger partial charge in [0.25, 0.3) is 0 Å². The van der Waals surface area contributed by atoms with Crippen molar-refractivity contribution in [1.82, 2.24) is 4.57 Å². The quantitative estimate of drug-likeness (QED) is 0.733. The maximum atomic E-state index is 4.62. The number of rotatable bonds is 4. The van der Waals surface area contributed by atoms with Crippen LogP contribution in [0.4, 0.5) is 0 Å². The zero-order valence-electron chi connectivity index (χ0n) is 10.8. The molecule has 2 aromatic rings. The van der Waals surface area contributed by atoms with E-state index in [1.807, 2.05) is 0 Å². The second-order valence-electron chi connectivity index (χ2n) is 4.60. The van der Waals surface area contributed by atoms with Crippen molar-refractivity contribution in [3.05, 3.63) is 40.9 Å². The van der Waals surface area contributed by atoms with E-state index in [2.05, 4.69) is 74.3 Å². The maximum absolute atomic E-state index is 4.62. The van der Waals surface area contributed by atoms with Gasteiger partial charge in [-0.15, -0.1) is 25.3 Å². The van der Waals surface area contributed by atoms with Crippen molar-refractivity contribution in [2.75, 3.05) is 0 Å². The Kier molecular flexibility index (Phi) is 4.46. The molecule has 0 atom stereocenters. The average Bonchev–Trinajstić information content (AvgIpc) is 2.76. The van der Waals surface area contributed by atoms with Crippen molar-refractivity contribution in [2.45, 2.75) is 26.2 Å². The van der Waals surface area contributed by atoms with Crippen LogP contribution < -0.4 is 0 Å². The van der Waals surface area contributed by atoms with E-state index >= 15 is 0 Å². The molecule has 0 amide bonds. The number of aromatic nitrogens is 1. The molecule has 1 heterocycles. The van der Waals surface area contributed by atoms with E-state index in [9.17, 15) is 0 Å². The molecule has 0 aliphatic rings. The van der Waals surface area contributed by atoms with Gasteiger partial charge >= 0.3 is 0 Å². The second-order valence-corrected chi connectivity index (χ2v) is 5.59. The Hall–Kier alpha value is -0.800. The SMILES string of the molecule is CCCC/C(S)=C(/S)c1ccc2c(ccn2C)c1.